The number of amides is 1. The molecule has 5 heteroatoms. The maximum Gasteiger partial charge on any atom is 0.258 e. The van der Waals surface area contributed by atoms with Crippen LogP contribution in [0.25, 0.3) is 28.0 Å². The van der Waals surface area contributed by atoms with Crippen LogP contribution in [-0.4, -0.2) is 29.1 Å². The number of rotatable bonds is 6. The number of piperidine rings is 1. The summed E-state index contributed by atoms with van der Waals surface area (Å²) in [6.45, 7) is 1.81. The number of ether oxygens (including phenoxy) is 1. The van der Waals surface area contributed by atoms with Gasteiger partial charge in [-0.1, -0.05) is 55.0 Å². The monoisotopic (exact) mass is 464 g/mol. The first kappa shape index (κ1) is 22.7. The van der Waals surface area contributed by atoms with Crippen molar-refractivity contribution in [2.24, 2.45) is 0 Å². The third kappa shape index (κ3) is 5.53. The zero-order chi connectivity index (χ0) is 24.0. The van der Waals surface area contributed by atoms with Gasteiger partial charge in [-0.3, -0.25) is 10.2 Å². The van der Waals surface area contributed by atoms with Gasteiger partial charge >= 0.3 is 0 Å². The maximum absolute atomic E-state index is 12.2. The van der Waals surface area contributed by atoms with Gasteiger partial charge < -0.3 is 9.84 Å². The van der Waals surface area contributed by atoms with Crippen LogP contribution in [-0.2, 0) is 4.79 Å². The van der Waals surface area contributed by atoms with Crippen molar-refractivity contribution in [3.63, 3.8) is 0 Å². The summed E-state index contributed by atoms with van der Waals surface area (Å²) in [6.07, 6.45) is 6.84. The lowest BCUT2D eigenvalue weighted by Crippen LogP contribution is -2.44. The molecule has 35 heavy (non-hydrogen) atoms. The summed E-state index contributed by atoms with van der Waals surface area (Å²) in [5, 5.41) is 13.7. The van der Waals surface area contributed by atoms with Crippen LogP contribution >= 0.6 is 0 Å². The third-order valence-corrected chi connectivity index (χ3v) is 6.19. The summed E-state index contributed by atoms with van der Waals surface area (Å²) in [5.74, 6) is 1.53. The second-order valence-corrected chi connectivity index (χ2v) is 8.74. The number of aromatic hydroxyl groups is 1. The highest BCUT2D eigenvalue weighted by molar-refractivity contribution is 5.96. The van der Waals surface area contributed by atoms with Gasteiger partial charge in [0, 0.05) is 30.1 Å². The van der Waals surface area contributed by atoms with E-state index in [-0.39, 0.29) is 11.7 Å². The van der Waals surface area contributed by atoms with Gasteiger partial charge in [-0.25, -0.2) is 5.01 Å². The van der Waals surface area contributed by atoms with E-state index in [1.54, 1.807) is 24.3 Å². The number of hydrogen-bond acceptors (Lipinski definition) is 4. The Labute approximate surface area is 205 Å². The van der Waals surface area contributed by atoms with E-state index in [9.17, 15) is 9.90 Å². The molecular formula is C30H28N2O3. The summed E-state index contributed by atoms with van der Waals surface area (Å²) in [7, 11) is 0. The summed E-state index contributed by atoms with van der Waals surface area (Å²) in [4.78, 5) is 12.2. The predicted octanol–water partition coefficient (Wildman–Crippen LogP) is 6.54. The van der Waals surface area contributed by atoms with E-state index in [1.807, 2.05) is 65.7 Å². The molecule has 1 amide bonds. The molecule has 1 aliphatic rings. The number of phenolic OH excluding ortho intramolecular Hbond substituents is 1. The fraction of sp³-hybridized carbons (Fsp3) is 0.167. The van der Waals surface area contributed by atoms with Gasteiger partial charge in [0.2, 0.25) is 0 Å². The van der Waals surface area contributed by atoms with Crippen LogP contribution in [0.3, 0.4) is 0 Å². The van der Waals surface area contributed by atoms with E-state index in [4.69, 9.17) is 4.74 Å². The van der Waals surface area contributed by atoms with Gasteiger partial charge in [0.25, 0.3) is 5.91 Å². The first-order valence-electron chi connectivity index (χ1n) is 12.0. The average Bonchev–Trinajstić information content (AvgIpc) is 2.89. The Hall–Kier alpha value is -4.09. The molecule has 2 N–H and O–H groups in total. The molecular weight excluding hydrogens is 436 g/mol. The van der Waals surface area contributed by atoms with Gasteiger partial charge in [0.15, 0.2) is 0 Å². The Morgan fingerprint density at radius 1 is 0.886 bits per heavy atom. The number of nitrogens with one attached hydrogen (secondary N) is 1. The molecule has 5 nitrogen and oxygen atoms in total. The van der Waals surface area contributed by atoms with E-state index in [2.05, 4.69) is 17.6 Å². The van der Waals surface area contributed by atoms with Crippen LogP contribution < -0.4 is 10.2 Å². The molecule has 4 aromatic rings. The van der Waals surface area contributed by atoms with Crippen molar-refractivity contribution >= 4 is 22.8 Å². The smallest absolute Gasteiger partial charge is 0.258 e. The first-order chi connectivity index (χ1) is 17.2. The van der Waals surface area contributed by atoms with Gasteiger partial charge in [-0.15, -0.1) is 0 Å². The predicted molar refractivity (Wildman–Crippen MR) is 140 cm³/mol. The van der Waals surface area contributed by atoms with Crippen LogP contribution in [0.2, 0.25) is 0 Å². The lowest BCUT2D eigenvalue weighted by molar-refractivity contribution is -0.121. The normalized spacial score (nSPS) is 14.3. The fourth-order valence-electron chi connectivity index (χ4n) is 4.38. The molecule has 0 radical (unpaired) electrons. The molecule has 1 heterocycles. The number of fused-ring (bicyclic) bond motifs is 1. The molecule has 1 saturated heterocycles. The first-order valence-corrected chi connectivity index (χ1v) is 12.0. The molecule has 0 saturated carbocycles. The molecule has 176 valence electrons. The summed E-state index contributed by atoms with van der Waals surface area (Å²) < 4.78 is 6.41. The van der Waals surface area contributed by atoms with Gasteiger partial charge in [-0.2, -0.15) is 0 Å². The minimum atomic E-state index is -0.112. The Morgan fingerprint density at radius 2 is 1.66 bits per heavy atom. The highest BCUT2D eigenvalue weighted by Crippen LogP contribution is 2.40. The van der Waals surface area contributed by atoms with Crippen molar-refractivity contribution in [3.05, 3.63) is 96.6 Å². The summed E-state index contributed by atoms with van der Waals surface area (Å²) in [5.41, 5.74) is 5.88. The highest BCUT2D eigenvalue weighted by Gasteiger charge is 2.13. The lowest BCUT2D eigenvalue weighted by atomic mass is 9.99. The second-order valence-electron chi connectivity index (χ2n) is 8.74. The van der Waals surface area contributed by atoms with Crippen LogP contribution in [0.15, 0.2) is 91.0 Å². The van der Waals surface area contributed by atoms with E-state index < -0.39 is 0 Å². The molecule has 1 fully saturated rings. The summed E-state index contributed by atoms with van der Waals surface area (Å²) >= 11 is 0. The number of carbonyl (C=O) groups is 1. The Bertz CT molecular complexity index is 1340. The molecule has 0 unspecified atom stereocenters. The van der Waals surface area contributed by atoms with Crippen molar-refractivity contribution in [1.29, 1.82) is 0 Å². The van der Waals surface area contributed by atoms with Crippen molar-refractivity contribution in [3.8, 4) is 28.4 Å². The SMILES string of the molecule is O=C(C=Cc1ccc(Oc2c(-c3ccccc3)ccc3cc(O)ccc23)cc1)NN1CCCCC1. The Kier molecular flexibility index (Phi) is 6.77. The van der Waals surface area contributed by atoms with E-state index in [0.29, 0.717) is 5.75 Å². The van der Waals surface area contributed by atoms with Crippen molar-refractivity contribution < 1.29 is 14.6 Å². The standard InChI is InChI=1S/C30H28N2O3/c33-25-13-17-28-24(21-25)12-16-27(23-7-3-1-4-8-23)30(28)35-26-14-9-22(10-15-26)11-18-29(34)31-32-19-5-2-6-20-32/h1,3-4,7-18,21,33H,2,5-6,19-20H2,(H,31,34). The number of hydrazine groups is 1. The number of benzene rings is 4. The van der Waals surface area contributed by atoms with Crippen LogP contribution in [0.5, 0.6) is 17.2 Å². The number of carbonyl (C=O) groups excluding carboxylic acids is 1. The molecule has 0 spiro atoms. The van der Waals surface area contributed by atoms with Crippen LogP contribution in [0, 0.1) is 0 Å². The van der Waals surface area contributed by atoms with Crippen LogP contribution in [0.4, 0.5) is 0 Å². The minimum absolute atomic E-state index is 0.112. The van der Waals surface area contributed by atoms with Crippen molar-refractivity contribution in [1.82, 2.24) is 10.4 Å². The Balaban J connectivity index is 1.36. The quantitative estimate of drug-likeness (QED) is 0.318. The van der Waals surface area contributed by atoms with Gasteiger partial charge in [0.05, 0.1) is 0 Å². The lowest BCUT2D eigenvalue weighted by Gasteiger charge is -2.26. The fourth-order valence-corrected chi connectivity index (χ4v) is 4.38. The number of nitrogens with zero attached hydrogens (tertiary/aromatic N) is 1. The zero-order valence-electron chi connectivity index (χ0n) is 19.5. The summed E-state index contributed by atoms with van der Waals surface area (Å²) in [6, 6.07) is 27.1. The Morgan fingerprint density at radius 3 is 2.43 bits per heavy atom. The van der Waals surface area contributed by atoms with E-state index in [0.717, 1.165) is 59.1 Å². The molecule has 1 aliphatic heterocycles. The van der Waals surface area contributed by atoms with Crippen molar-refractivity contribution in [2.75, 3.05) is 13.1 Å². The number of phenols is 1. The molecule has 0 aromatic heterocycles. The topological polar surface area (TPSA) is 61.8 Å². The molecule has 0 atom stereocenters. The molecule has 0 bridgehead atoms. The zero-order valence-corrected chi connectivity index (χ0v) is 19.5. The van der Waals surface area contributed by atoms with E-state index >= 15 is 0 Å². The van der Waals surface area contributed by atoms with E-state index in [1.165, 1.54) is 6.42 Å². The average molecular weight is 465 g/mol. The minimum Gasteiger partial charge on any atom is -0.508 e. The van der Waals surface area contributed by atoms with Crippen LogP contribution in [0.1, 0.15) is 24.8 Å². The largest absolute Gasteiger partial charge is 0.508 e. The van der Waals surface area contributed by atoms with Crippen molar-refractivity contribution in [2.45, 2.75) is 19.3 Å². The molecule has 5 rings (SSSR count). The highest BCUT2D eigenvalue weighted by atomic mass is 16.5. The van der Waals surface area contributed by atoms with Gasteiger partial charge in [0.1, 0.15) is 17.2 Å². The molecule has 0 aliphatic carbocycles. The third-order valence-electron chi connectivity index (χ3n) is 6.19. The number of hydrogen-bond donors (Lipinski definition) is 2. The maximum atomic E-state index is 12.2. The molecule has 4 aromatic carbocycles. The van der Waals surface area contributed by atoms with Gasteiger partial charge in [-0.05, 0) is 71.8 Å². The second kappa shape index (κ2) is 10.5.